The molecule has 0 aliphatic carbocycles. The quantitative estimate of drug-likeness (QED) is 0.913. The molecule has 0 saturated heterocycles. The van der Waals surface area contributed by atoms with Crippen molar-refractivity contribution in [2.75, 3.05) is 6.54 Å². The summed E-state index contributed by atoms with van der Waals surface area (Å²) in [6.45, 7) is 0.584. The molecule has 0 radical (unpaired) electrons. The molecule has 2 nitrogen and oxygen atoms in total. The maximum atomic E-state index is 13.1. The lowest BCUT2D eigenvalue weighted by atomic mass is 10.1. The molecule has 0 heterocycles. The van der Waals surface area contributed by atoms with E-state index < -0.39 is 11.6 Å². The minimum atomic E-state index is -0.896. The summed E-state index contributed by atoms with van der Waals surface area (Å²) in [5, 5.41) is 0.471. The van der Waals surface area contributed by atoms with Gasteiger partial charge >= 0.3 is 0 Å². The lowest BCUT2D eigenvalue weighted by Gasteiger charge is -2.13. The van der Waals surface area contributed by atoms with E-state index in [0.29, 0.717) is 29.3 Å². The van der Waals surface area contributed by atoms with Gasteiger partial charge in [0.05, 0.1) is 5.02 Å². The topological polar surface area (TPSA) is 35.2 Å². The lowest BCUT2D eigenvalue weighted by molar-refractivity contribution is 0.302. The van der Waals surface area contributed by atoms with E-state index in [1.165, 1.54) is 6.07 Å². The highest BCUT2D eigenvalue weighted by atomic mass is 35.5. The van der Waals surface area contributed by atoms with Gasteiger partial charge in [0.15, 0.2) is 11.6 Å². The van der Waals surface area contributed by atoms with Gasteiger partial charge in [-0.25, -0.2) is 8.78 Å². The maximum absolute atomic E-state index is 13.1. The highest BCUT2D eigenvalue weighted by Gasteiger charge is 2.09. The van der Waals surface area contributed by atoms with Crippen LogP contribution in [0.5, 0.6) is 5.75 Å². The molecule has 2 rings (SSSR count). The van der Waals surface area contributed by atoms with Crippen LogP contribution in [-0.4, -0.2) is 6.54 Å². The normalized spacial score (nSPS) is 10.6. The van der Waals surface area contributed by atoms with Crippen molar-refractivity contribution in [2.24, 2.45) is 5.73 Å². The fourth-order valence-corrected chi connectivity index (χ4v) is 2.10. The van der Waals surface area contributed by atoms with Crippen molar-refractivity contribution in [2.45, 2.75) is 13.0 Å². The Hall–Kier alpha value is -1.65. The van der Waals surface area contributed by atoms with Crippen LogP contribution in [-0.2, 0) is 13.0 Å². The van der Waals surface area contributed by atoms with Crippen molar-refractivity contribution in [3.63, 3.8) is 0 Å². The van der Waals surface area contributed by atoms with E-state index >= 15 is 0 Å². The van der Waals surface area contributed by atoms with Gasteiger partial charge in [-0.1, -0.05) is 29.8 Å². The van der Waals surface area contributed by atoms with E-state index in [4.69, 9.17) is 22.1 Å². The molecule has 0 spiro atoms. The molecule has 0 saturated carbocycles. The van der Waals surface area contributed by atoms with Gasteiger partial charge in [-0.3, -0.25) is 0 Å². The van der Waals surface area contributed by atoms with E-state index in [2.05, 4.69) is 0 Å². The van der Waals surface area contributed by atoms with Crippen LogP contribution in [0.4, 0.5) is 8.78 Å². The first kappa shape index (κ1) is 14.8. The van der Waals surface area contributed by atoms with E-state index in [1.54, 1.807) is 6.07 Å². The molecule has 0 aliphatic heterocycles. The predicted octanol–water partition coefficient (Wildman–Crippen LogP) is 3.70. The first-order chi connectivity index (χ1) is 9.61. The van der Waals surface area contributed by atoms with Crippen molar-refractivity contribution in [3.8, 4) is 5.75 Å². The zero-order valence-electron chi connectivity index (χ0n) is 10.7. The summed E-state index contributed by atoms with van der Waals surface area (Å²) < 4.78 is 31.6. The van der Waals surface area contributed by atoms with Crippen LogP contribution in [0.1, 0.15) is 11.1 Å². The van der Waals surface area contributed by atoms with Crippen LogP contribution in [0.2, 0.25) is 5.02 Å². The van der Waals surface area contributed by atoms with E-state index in [0.717, 1.165) is 17.7 Å². The lowest BCUT2D eigenvalue weighted by Crippen LogP contribution is -2.06. The minimum Gasteiger partial charge on any atom is -0.487 e. The third kappa shape index (κ3) is 3.46. The van der Waals surface area contributed by atoms with Crippen LogP contribution in [0.25, 0.3) is 0 Å². The van der Waals surface area contributed by atoms with Crippen LogP contribution >= 0.6 is 11.6 Å². The fourth-order valence-electron chi connectivity index (χ4n) is 1.85. The monoisotopic (exact) mass is 297 g/mol. The van der Waals surface area contributed by atoms with Gasteiger partial charge < -0.3 is 10.5 Å². The third-order valence-electron chi connectivity index (χ3n) is 2.83. The zero-order chi connectivity index (χ0) is 14.5. The third-order valence-corrected chi connectivity index (χ3v) is 3.13. The van der Waals surface area contributed by atoms with Crippen LogP contribution < -0.4 is 10.5 Å². The summed E-state index contributed by atoms with van der Waals surface area (Å²) in [6, 6.07) is 9.05. The summed E-state index contributed by atoms with van der Waals surface area (Å²) in [7, 11) is 0. The van der Waals surface area contributed by atoms with Gasteiger partial charge in [-0.2, -0.15) is 0 Å². The van der Waals surface area contributed by atoms with Gasteiger partial charge in [0.25, 0.3) is 0 Å². The van der Waals surface area contributed by atoms with Crippen molar-refractivity contribution < 1.29 is 13.5 Å². The molecule has 0 atom stereocenters. The zero-order valence-corrected chi connectivity index (χ0v) is 11.5. The Morgan fingerprint density at radius 3 is 2.60 bits per heavy atom. The molecule has 0 fully saturated rings. The largest absolute Gasteiger partial charge is 0.487 e. The summed E-state index contributed by atoms with van der Waals surface area (Å²) in [5.74, 6) is -1.24. The molecule has 0 aliphatic rings. The second kappa shape index (κ2) is 6.68. The number of hydrogen-bond acceptors (Lipinski definition) is 2. The van der Waals surface area contributed by atoms with E-state index in [-0.39, 0.29) is 6.61 Å². The smallest absolute Gasteiger partial charge is 0.159 e. The Morgan fingerprint density at radius 2 is 1.90 bits per heavy atom. The highest BCUT2D eigenvalue weighted by molar-refractivity contribution is 6.32. The molecule has 0 amide bonds. The van der Waals surface area contributed by atoms with Crippen molar-refractivity contribution >= 4 is 11.6 Å². The molecule has 0 unspecified atom stereocenters. The molecule has 2 aromatic rings. The minimum absolute atomic E-state index is 0.110. The predicted molar refractivity (Wildman–Crippen MR) is 74.9 cm³/mol. The number of ether oxygens (including phenoxy) is 1. The Balaban J connectivity index is 2.15. The van der Waals surface area contributed by atoms with E-state index in [1.807, 2.05) is 12.1 Å². The number of rotatable bonds is 5. The Morgan fingerprint density at radius 1 is 1.10 bits per heavy atom. The molecular formula is C15H14ClF2NO. The summed E-state index contributed by atoms with van der Waals surface area (Å²) in [5.41, 5.74) is 6.95. The highest BCUT2D eigenvalue weighted by Crippen LogP contribution is 2.29. The van der Waals surface area contributed by atoms with Gasteiger partial charge in [-0.05, 0) is 42.3 Å². The first-order valence-corrected chi connectivity index (χ1v) is 6.54. The Labute approximate surface area is 121 Å². The molecule has 0 bridgehead atoms. The molecule has 2 aromatic carbocycles. The summed E-state index contributed by atoms with van der Waals surface area (Å²) >= 11 is 6.09. The van der Waals surface area contributed by atoms with Crippen molar-refractivity contribution in [1.29, 1.82) is 0 Å². The van der Waals surface area contributed by atoms with Crippen LogP contribution in [0.3, 0.4) is 0 Å². The fraction of sp³-hybridized carbons (Fsp3) is 0.200. The molecule has 0 aromatic heterocycles. The average molecular weight is 298 g/mol. The number of para-hydroxylation sites is 1. The molecule has 20 heavy (non-hydrogen) atoms. The van der Waals surface area contributed by atoms with Crippen molar-refractivity contribution in [1.82, 2.24) is 0 Å². The van der Waals surface area contributed by atoms with Crippen LogP contribution in [0, 0.1) is 11.6 Å². The summed E-state index contributed by atoms with van der Waals surface area (Å²) in [4.78, 5) is 0. The molecule has 5 heteroatoms. The van der Waals surface area contributed by atoms with Crippen molar-refractivity contribution in [3.05, 3.63) is 64.2 Å². The SMILES string of the molecule is NCCc1cccc(Cl)c1OCc1ccc(F)c(F)c1. The summed E-state index contributed by atoms with van der Waals surface area (Å²) in [6.07, 6.45) is 0.633. The molecule has 2 N–H and O–H groups in total. The Bertz CT molecular complexity index is 604. The van der Waals surface area contributed by atoms with Gasteiger partial charge in [0.2, 0.25) is 0 Å². The average Bonchev–Trinajstić information content (AvgIpc) is 2.42. The number of halogens is 3. The van der Waals surface area contributed by atoms with Gasteiger partial charge in [0.1, 0.15) is 12.4 Å². The van der Waals surface area contributed by atoms with Gasteiger partial charge in [-0.15, -0.1) is 0 Å². The maximum Gasteiger partial charge on any atom is 0.159 e. The number of hydrogen-bond donors (Lipinski definition) is 1. The van der Waals surface area contributed by atoms with E-state index in [9.17, 15) is 8.78 Å². The van der Waals surface area contributed by atoms with Crippen LogP contribution in [0.15, 0.2) is 36.4 Å². The molecule has 106 valence electrons. The second-order valence-corrected chi connectivity index (χ2v) is 4.71. The first-order valence-electron chi connectivity index (χ1n) is 6.16. The van der Waals surface area contributed by atoms with Gasteiger partial charge in [0, 0.05) is 0 Å². The molecular weight excluding hydrogens is 284 g/mol. The standard InChI is InChI=1S/C15H14ClF2NO/c16-12-3-1-2-11(6-7-19)15(12)20-9-10-4-5-13(17)14(18)8-10/h1-5,8H,6-7,9,19H2. The second-order valence-electron chi connectivity index (χ2n) is 4.30. The number of nitrogens with two attached hydrogens (primary N) is 1. The number of benzene rings is 2. The Kier molecular flexibility index (Phi) is 4.93.